The Morgan fingerprint density at radius 2 is 1.64 bits per heavy atom. The Morgan fingerprint density at radius 3 is 2.25 bits per heavy atom. The van der Waals surface area contributed by atoms with Gasteiger partial charge in [-0.2, -0.15) is 0 Å². The molecule has 0 aliphatic carbocycles. The summed E-state index contributed by atoms with van der Waals surface area (Å²) in [6, 6.07) is 15.3. The lowest BCUT2D eigenvalue weighted by Gasteiger charge is -2.36. The summed E-state index contributed by atoms with van der Waals surface area (Å²) >= 11 is 0. The average Bonchev–Trinajstić information content (AvgIpc) is 2.99. The number of fused-ring (bicyclic) bond motifs is 1. The van der Waals surface area contributed by atoms with E-state index >= 15 is 0 Å². The number of piperazine rings is 1. The molecule has 0 unspecified atom stereocenters. The largest absolute Gasteiger partial charge is 0.497 e. The first-order valence-electron chi connectivity index (χ1n) is 9.35. The van der Waals surface area contributed by atoms with Crippen LogP contribution in [0.3, 0.4) is 0 Å². The van der Waals surface area contributed by atoms with Crippen LogP contribution in [0, 0.1) is 0 Å². The Labute approximate surface area is 164 Å². The topological polar surface area (TPSA) is 53.1 Å². The van der Waals surface area contributed by atoms with E-state index in [9.17, 15) is 9.59 Å². The first-order valence-corrected chi connectivity index (χ1v) is 9.35. The first kappa shape index (κ1) is 18.1. The third-order valence-corrected chi connectivity index (χ3v) is 5.40. The predicted molar refractivity (Wildman–Crippen MR) is 108 cm³/mol. The monoisotopic (exact) mass is 377 g/mol. The van der Waals surface area contributed by atoms with Gasteiger partial charge < -0.3 is 14.5 Å². The number of hydrogen-bond donors (Lipinski definition) is 0. The molecule has 1 fully saturated rings. The number of rotatable bonds is 4. The molecular formula is C22H23N3O3. The van der Waals surface area contributed by atoms with Gasteiger partial charge in [0, 0.05) is 48.7 Å². The molecule has 2 heterocycles. The molecule has 0 radical (unpaired) electrons. The summed E-state index contributed by atoms with van der Waals surface area (Å²) in [6.07, 6.45) is 0. The third kappa shape index (κ3) is 3.22. The number of ether oxygens (including phenoxy) is 1. The van der Waals surface area contributed by atoms with Gasteiger partial charge in [0.25, 0.3) is 5.91 Å². The summed E-state index contributed by atoms with van der Waals surface area (Å²) < 4.78 is 5.20. The summed E-state index contributed by atoms with van der Waals surface area (Å²) in [5.41, 5.74) is 3.14. The fraction of sp³-hybridized carbons (Fsp3) is 0.273. The minimum absolute atomic E-state index is 0.0366. The molecule has 6 nitrogen and oxygen atoms in total. The number of anilines is 1. The highest BCUT2D eigenvalue weighted by molar-refractivity contribution is 6.10. The van der Waals surface area contributed by atoms with E-state index < -0.39 is 0 Å². The van der Waals surface area contributed by atoms with Gasteiger partial charge in [0.1, 0.15) is 12.3 Å². The Morgan fingerprint density at radius 1 is 1.00 bits per heavy atom. The Balaban J connectivity index is 1.36. The fourth-order valence-electron chi connectivity index (χ4n) is 3.74. The van der Waals surface area contributed by atoms with Crippen molar-refractivity contribution in [3.63, 3.8) is 0 Å². The minimum Gasteiger partial charge on any atom is -0.497 e. The lowest BCUT2D eigenvalue weighted by atomic mass is 10.1. The van der Waals surface area contributed by atoms with Gasteiger partial charge in [-0.05, 0) is 30.3 Å². The van der Waals surface area contributed by atoms with Gasteiger partial charge in [0.05, 0.1) is 7.11 Å². The summed E-state index contributed by atoms with van der Waals surface area (Å²) in [5, 5.41) is 0. The van der Waals surface area contributed by atoms with Crippen molar-refractivity contribution in [3.05, 3.63) is 66.2 Å². The van der Waals surface area contributed by atoms with E-state index in [1.807, 2.05) is 47.4 Å². The Hall–Kier alpha value is -3.28. The molecule has 1 saturated heterocycles. The molecule has 28 heavy (non-hydrogen) atoms. The maximum atomic E-state index is 12.8. The number of carbonyl (C=O) groups excluding carboxylic acids is 2. The van der Waals surface area contributed by atoms with E-state index in [2.05, 4.69) is 11.5 Å². The van der Waals surface area contributed by atoms with Gasteiger partial charge >= 0.3 is 0 Å². The van der Waals surface area contributed by atoms with Crippen molar-refractivity contribution in [2.75, 3.05) is 44.7 Å². The van der Waals surface area contributed by atoms with Crippen molar-refractivity contribution in [1.82, 2.24) is 9.80 Å². The van der Waals surface area contributed by atoms with Gasteiger partial charge in [-0.3, -0.25) is 14.5 Å². The molecule has 2 aromatic carbocycles. The molecule has 0 N–H and O–H groups in total. The quantitative estimate of drug-likeness (QED) is 0.821. The maximum absolute atomic E-state index is 12.8. The third-order valence-electron chi connectivity index (χ3n) is 5.40. The Bertz CT molecular complexity index is 880. The normalized spacial score (nSPS) is 16.4. The minimum atomic E-state index is -0.147. The molecule has 0 aromatic heterocycles. The summed E-state index contributed by atoms with van der Waals surface area (Å²) in [4.78, 5) is 30.9. The van der Waals surface area contributed by atoms with Crippen LogP contribution in [0.15, 0.2) is 55.1 Å². The molecule has 0 saturated carbocycles. The Kier molecular flexibility index (Phi) is 4.77. The lowest BCUT2D eigenvalue weighted by Crippen LogP contribution is -2.51. The SMILES string of the molecule is C=C1c2ccccc2C(=O)N1CC(=O)N1CCN(c2ccc(OC)cc2)CC1. The summed E-state index contributed by atoms with van der Waals surface area (Å²) in [7, 11) is 1.65. The lowest BCUT2D eigenvalue weighted by molar-refractivity contribution is -0.131. The van der Waals surface area contributed by atoms with Crippen LogP contribution >= 0.6 is 0 Å². The molecule has 2 aliphatic rings. The van der Waals surface area contributed by atoms with E-state index in [-0.39, 0.29) is 18.4 Å². The number of methoxy groups -OCH3 is 1. The average molecular weight is 377 g/mol. The van der Waals surface area contributed by atoms with Crippen molar-refractivity contribution < 1.29 is 14.3 Å². The van der Waals surface area contributed by atoms with Gasteiger partial charge in [-0.15, -0.1) is 0 Å². The highest BCUT2D eigenvalue weighted by Gasteiger charge is 2.33. The highest BCUT2D eigenvalue weighted by atomic mass is 16.5. The van der Waals surface area contributed by atoms with E-state index in [0.29, 0.717) is 24.4 Å². The van der Waals surface area contributed by atoms with E-state index in [1.54, 1.807) is 13.2 Å². The smallest absolute Gasteiger partial charge is 0.259 e. The molecule has 2 amide bonds. The van der Waals surface area contributed by atoms with Crippen LogP contribution in [0.5, 0.6) is 5.75 Å². The zero-order valence-electron chi connectivity index (χ0n) is 15.9. The number of nitrogens with zero attached hydrogens (tertiary/aromatic N) is 3. The van der Waals surface area contributed by atoms with Crippen LogP contribution in [0.1, 0.15) is 15.9 Å². The molecule has 2 aliphatic heterocycles. The molecule has 0 spiro atoms. The van der Waals surface area contributed by atoms with E-state index in [1.165, 1.54) is 4.90 Å². The van der Waals surface area contributed by atoms with Crippen LogP contribution in [-0.4, -0.2) is 61.4 Å². The number of benzene rings is 2. The van der Waals surface area contributed by atoms with Gasteiger partial charge in [-0.1, -0.05) is 24.8 Å². The molecule has 144 valence electrons. The second kappa shape index (κ2) is 7.38. The van der Waals surface area contributed by atoms with Crippen LogP contribution in [0.2, 0.25) is 0 Å². The van der Waals surface area contributed by atoms with Crippen molar-refractivity contribution in [2.45, 2.75) is 0 Å². The summed E-state index contributed by atoms with van der Waals surface area (Å²) in [5.74, 6) is 0.636. The van der Waals surface area contributed by atoms with Gasteiger partial charge in [0.2, 0.25) is 5.91 Å². The standard InChI is InChI=1S/C22H23N3O3/c1-16-19-5-3-4-6-20(19)22(27)25(16)15-21(26)24-13-11-23(12-14-24)17-7-9-18(28-2)10-8-17/h3-10H,1,11-15H2,2H3. The number of amides is 2. The molecule has 0 bridgehead atoms. The predicted octanol–water partition coefficient (Wildman–Crippen LogP) is 2.47. The summed E-state index contributed by atoms with van der Waals surface area (Å²) in [6.45, 7) is 6.82. The van der Waals surface area contributed by atoms with Crippen molar-refractivity contribution >= 4 is 23.2 Å². The van der Waals surface area contributed by atoms with Crippen molar-refractivity contribution in [1.29, 1.82) is 0 Å². The molecule has 0 atom stereocenters. The molecule has 4 rings (SSSR count). The zero-order valence-corrected chi connectivity index (χ0v) is 15.9. The first-order chi connectivity index (χ1) is 13.6. The second-order valence-electron chi connectivity index (χ2n) is 6.95. The maximum Gasteiger partial charge on any atom is 0.259 e. The zero-order chi connectivity index (χ0) is 19.7. The van der Waals surface area contributed by atoms with Gasteiger partial charge in [-0.25, -0.2) is 0 Å². The van der Waals surface area contributed by atoms with E-state index in [4.69, 9.17) is 4.74 Å². The van der Waals surface area contributed by atoms with Crippen LogP contribution in [0.25, 0.3) is 5.70 Å². The number of hydrogen-bond acceptors (Lipinski definition) is 4. The van der Waals surface area contributed by atoms with Crippen LogP contribution < -0.4 is 9.64 Å². The highest BCUT2D eigenvalue weighted by Crippen LogP contribution is 2.31. The second-order valence-corrected chi connectivity index (χ2v) is 6.95. The van der Waals surface area contributed by atoms with Crippen molar-refractivity contribution in [3.8, 4) is 5.75 Å². The van der Waals surface area contributed by atoms with Crippen LogP contribution in [-0.2, 0) is 4.79 Å². The number of carbonyl (C=O) groups is 2. The van der Waals surface area contributed by atoms with E-state index in [0.717, 1.165) is 30.1 Å². The fourth-order valence-corrected chi connectivity index (χ4v) is 3.74. The van der Waals surface area contributed by atoms with Crippen LogP contribution in [0.4, 0.5) is 5.69 Å². The molecule has 6 heteroatoms. The molecular weight excluding hydrogens is 354 g/mol. The molecule has 2 aromatic rings. The van der Waals surface area contributed by atoms with Gasteiger partial charge in [0.15, 0.2) is 0 Å². The van der Waals surface area contributed by atoms with Crippen molar-refractivity contribution in [2.24, 2.45) is 0 Å².